The van der Waals surface area contributed by atoms with Crippen molar-refractivity contribution in [3.63, 3.8) is 0 Å². The number of nitrogens with one attached hydrogen (secondary N) is 1. The predicted octanol–water partition coefficient (Wildman–Crippen LogP) is 25.1. The first-order valence-corrected chi connectivity index (χ1v) is 38.5. The van der Waals surface area contributed by atoms with E-state index in [-0.39, 0.29) is 18.5 Å². The molecule has 1 amide bonds. The van der Waals surface area contributed by atoms with Crippen molar-refractivity contribution in [2.24, 2.45) is 0 Å². The standard InChI is InChI=1S/C77H151NO5/c1-3-5-7-9-11-13-15-17-19-21-22-23-24-29-32-35-38-41-45-49-53-57-61-65-69-75(80)74(73-79)78-76(81)70-66-62-58-54-50-46-42-39-36-33-30-27-25-26-28-31-34-37-40-44-48-52-56-60-64-68-72-83-77(82)71-67-63-59-55-51-47-43-20-18-16-14-12-10-8-6-4-2/h65,69,74-75,79-80H,3-64,66-68,70-73H2,1-2H3,(H,78,81)/b69-65+. The predicted molar refractivity (Wildman–Crippen MR) is 366 cm³/mol. The zero-order valence-corrected chi connectivity index (χ0v) is 56.7. The number of amides is 1. The number of carbonyl (C=O) groups excluding carboxylic acids is 2. The molecule has 0 heterocycles. The fraction of sp³-hybridized carbons (Fsp3) is 0.948. The van der Waals surface area contributed by atoms with Crippen molar-refractivity contribution in [1.82, 2.24) is 5.32 Å². The minimum Gasteiger partial charge on any atom is -0.466 e. The van der Waals surface area contributed by atoms with Crippen molar-refractivity contribution in [2.75, 3.05) is 13.2 Å². The Balaban J connectivity index is 3.37. The maximum atomic E-state index is 12.5. The zero-order valence-electron chi connectivity index (χ0n) is 56.7. The number of unbranched alkanes of at least 4 members (excludes halogenated alkanes) is 62. The number of esters is 1. The molecule has 0 aliphatic carbocycles. The minimum atomic E-state index is -0.844. The number of carbonyl (C=O) groups is 2. The van der Waals surface area contributed by atoms with E-state index in [1.165, 1.54) is 379 Å². The van der Waals surface area contributed by atoms with E-state index in [0.717, 1.165) is 38.5 Å². The molecule has 0 aromatic carbocycles. The zero-order chi connectivity index (χ0) is 59.9. The normalized spacial score (nSPS) is 12.5. The summed E-state index contributed by atoms with van der Waals surface area (Å²) in [5.41, 5.74) is 0. The molecule has 0 aromatic rings. The Morgan fingerprint density at radius 3 is 0.819 bits per heavy atom. The summed E-state index contributed by atoms with van der Waals surface area (Å²) >= 11 is 0. The van der Waals surface area contributed by atoms with Crippen molar-refractivity contribution in [2.45, 2.75) is 456 Å². The van der Waals surface area contributed by atoms with Gasteiger partial charge >= 0.3 is 5.97 Å². The lowest BCUT2D eigenvalue weighted by Gasteiger charge is -2.20. The minimum absolute atomic E-state index is 0.0217. The first-order chi connectivity index (χ1) is 41.0. The molecule has 0 saturated carbocycles. The fourth-order valence-electron chi connectivity index (χ4n) is 12.5. The summed E-state index contributed by atoms with van der Waals surface area (Å²) in [5, 5.41) is 23.3. The van der Waals surface area contributed by atoms with E-state index in [2.05, 4.69) is 19.2 Å². The van der Waals surface area contributed by atoms with Crippen LogP contribution in [0.5, 0.6) is 0 Å². The van der Waals surface area contributed by atoms with Crippen LogP contribution in [0.2, 0.25) is 0 Å². The third-order valence-electron chi connectivity index (χ3n) is 18.3. The highest BCUT2D eigenvalue weighted by molar-refractivity contribution is 5.76. The molecule has 0 rings (SSSR count). The van der Waals surface area contributed by atoms with Crippen LogP contribution >= 0.6 is 0 Å². The van der Waals surface area contributed by atoms with Gasteiger partial charge in [0, 0.05) is 12.8 Å². The molecule has 0 spiro atoms. The van der Waals surface area contributed by atoms with Crippen LogP contribution in [0.1, 0.15) is 444 Å². The highest BCUT2D eigenvalue weighted by atomic mass is 16.5. The van der Waals surface area contributed by atoms with Gasteiger partial charge in [-0.1, -0.05) is 411 Å². The second kappa shape index (κ2) is 73.1. The lowest BCUT2D eigenvalue weighted by molar-refractivity contribution is -0.143. The van der Waals surface area contributed by atoms with Crippen LogP contribution < -0.4 is 5.32 Å². The topological polar surface area (TPSA) is 95.9 Å². The van der Waals surface area contributed by atoms with Crippen LogP contribution in [0.15, 0.2) is 12.2 Å². The maximum Gasteiger partial charge on any atom is 0.305 e. The van der Waals surface area contributed by atoms with Gasteiger partial charge in [0.2, 0.25) is 5.91 Å². The summed E-state index contributed by atoms with van der Waals surface area (Å²) < 4.78 is 5.51. The van der Waals surface area contributed by atoms with Crippen molar-refractivity contribution in [3.8, 4) is 0 Å². The monoisotopic (exact) mass is 1170 g/mol. The summed E-state index contributed by atoms with van der Waals surface area (Å²) in [7, 11) is 0. The van der Waals surface area contributed by atoms with E-state index in [1.807, 2.05) is 6.08 Å². The maximum absolute atomic E-state index is 12.5. The largest absolute Gasteiger partial charge is 0.466 e. The molecule has 6 heteroatoms. The molecule has 2 atom stereocenters. The third kappa shape index (κ3) is 69.6. The van der Waals surface area contributed by atoms with Crippen LogP contribution in [-0.2, 0) is 14.3 Å². The van der Waals surface area contributed by atoms with E-state index in [0.29, 0.717) is 19.4 Å². The van der Waals surface area contributed by atoms with Gasteiger partial charge in [-0.15, -0.1) is 0 Å². The van der Waals surface area contributed by atoms with E-state index in [9.17, 15) is 19.8 Å². The number of aliphatic hydroxyl groups excluding tert-OH is 2. The van der Waals surface area contributed by atoms with Gasteiger partial charge in [-0.3, -0.25) is 9.59 Å². The molecule has 0 bridgehead atoms. The number of aliphatic hydroxyl groups is 2. The van der Waals surface area contributed by atoms with Gasteiger partial charge in [0.1, 0.15) is 0 Å². The van der Waals surface area contributed by atoms with Gasteiger partial charge in [-0.2, -0.15) is 0 Å². The smallest absolute Gasteiger partial charge is 0.305 e. The SMILES string of the molecule is CCCCCCCCCCCCCCCCCCCCCCCC/C=C/C(O)C(CO)NC(=O)CCCCCCCCCCCCCCCCCCCCCCCCCCCCOC(=O)CCCCCCCCCCCCCCCCCC. The Hall–Kier alpha value is -1.40. The van der Waals surface area contributed by atoms with E-state index >= 15 is 0 Å². The molecule has 0 aliphatic heterocycles. The summed E-state index contributed by atoms with van der Waals surface area (Å²) in [4.78, 5) is 24.6. The Bertz CT molecular complexity index is 1260. The van der Waals surface area contributed by atoms with Crippen LogP contribution in [0.4, 0.5) is 0 Å². The molecular weight excluding hydrogens is 1020 g/mol. The van der Waals surface area contributed by atoms with Crippen LogP contribution in [0.3, 0.4) is 0 Å². The lowest BCUT2D eigenvalue weighted by atomic mass is 10.0. The molecule has 0 fully saturated rings. The molecule has 0 radical (unpaired) electrons. The molecule has 6 nitrogen and oxygen atoms in total. The van der Waals surface area contributed by atoms with Crippen LogP contribution in [0, 0.1) is 0 Å². The number of rotatable bonds is 73. The second-order valence-electron chi connectivity index (χ2n) is 26.7. The molecule has 83 heavy (non-hydrogen) atoms. The first kappa shape index (κ1) is 81.6. The van der Waals surface area contributed by atoms with Crippen molar-refractivity contribution >= 4 is 11.9 Å². The van der Waals surface area contributed by atoms with Gasteiger partial charge in [0.25, 0.3) is 0 Å². The molecule has 494 valence electrons. The van der Waals surface area contributed by atoms with Crippen LogP contribution in [-0.4, -0.2) is 47.4 Å². The van der Waals surface area contributed by atoms with E-state index in [4.69, 9.17) is 4.74 Å². The summed E-state index contributed by atoms with van der Waals surface area (Å²) in [6, 6.07) is -0.627. The second-order valence-corrected chi connectivity index (χ2v) is 26.7. The summed E-state index contributed by atoms with van der Waals surface area (Å²) in [6.45, 7) is 4.96. The van der Waals surface area contributed by atoms with Gasteiger partial charge in [-0.05, 0) is 32.1 Å². The Kier molecular flexibility index (Phi) is 71.8. The van der Waals surface area contributed by atoms with E-state index < -0.39 is 12.1 Å². The van der Waals surface area contributed by atoms with Gasteiger partial charge in [-0.25, -0.2) is 0 Å². The summed E-state index contributed by atoms with van der Waals surface area (Å²) in [6.07, 6.45) is 91.7. The number of allylic oxidation sites excluding steroid dienone is 1. The fourth-order valence-corrected chi connectivity index (χ4v) is 12.5. The first-order valence-electron chi connectivity index (χ1n) is 38.5. The molecule has 0 aliphatic rings. The van der Waals surface area contributed by atoms with Gasteiger partial charge < -0.3 is 20.3 Å². The Morgan fingerprint density at radius 2 is 0.554 bits per heavy atom. The molecule has 0 aromatic heterocycles. The third-order valence-corrected chi connectivity index (χ3v) is 18.3. The molecule has 0 saturated heterocycles. The number of hydrogen-bond acceptors (Lipinski definition) is 5. The van der Waals surface area contributed by atoms with Gasteiger partial charge in [0.15, 0.2) is 0 Å². The number of ether oxygens (including phenoxy) is 1. The van der Waals surface area contributed by atoms with Gasteiger partial charge in [0.05, 0.1) is 25.4 Å². The lowest BCUT2D eigenvalue weighted by Crippen LogP contribution is -2.45. The highest BCUT2D eigenvalue weighted by Crippen LogP contribution is 2.20. The average Bonchev–Trinajstić information content (AvgIpc) is 3.49. The van der Waals surface area contributed by atoms with Crippen molar-refractivity contribution < 1.29 is 24.5 Å². The highest BCUT2D eigenvalue weighted by Gasteiger charge is 2.18. The molecule has 2 unspecified atom stereocenters. The van der Waals surface area contributed by atoms with E-state index in [1.54, 1.807) is 6.08 Å². The van der Waals surface area contributed by atoms with Crippen molar-refractivity contribution in [1.29, 1.82) is 0 Å². The quantitative estimate of drug-likeness (QED) is 0.0320. The molecule has 3 N–H and O–H groups in total. The van der Waals surface area contributed by atoms with Crippen molar-refractivity contribution in [3.05, 3.63) is 12.2 Å². The van der Waals surface area contributed by atoms with Crippen LogP contribution in [0.25, 0.3) is 0 Å². The summed E-state index contributed by atoms with van der Waals surface area (Å²) in [5.74, 6) is -0.0384. The Morgan fingerprint density at radius 1 is 0.325 bits per heavy atom. The average molecular weight is 1170 g/mol. The number of hydrogen-bond donors (Lipinski definition) is 3. The Labute approximate surface area is 520 Å². The molecular formula is C77H151NO5.